The van der Waals surface area contributed by atoms with Gasteiger partial charge in [-0.05, 0) is 49.1 Å². The first-order chi connectivity index (χ1) is 9.92. The molecule has 0 aliphatic carbocycles. The first-order valence-electron chi connectivity index (χ1n) is 6.82. The van der Waals surface area contributed by atoms with Crippen LogP contribution >= 0.6 is 0 Å². The molecule has 0 fully saturated rings. The summed E-state index contributed by atoms with van der Waals surface area (Å²) in [5, 5.41) is 8.80. The minimum atomic E-state index is -0.823. The number of Topliss-reactive ketones (excluding diaryl/α,β-unsaturated/α-hetero) is 1. The number of benzene rings is 2. The van der Waals surface area contributed by atoms with Crippen LogP contribution in [0.1, 0.15) is 25.0 Å². The molecule has 3 nitrogen and oxygen atoms in total. The lowest BCUT2D eigenvalue weighted by molar-refractivity contribution is -0.121. The van der Waals surface area contributed by atoms with Crippen molar-refractivity contribution < 1.29 is 4.79 Å². The van der Waals surface area contributed by atoms with Gasteiger partial charge in [-0.1, -0.05) is 36.4 Å². The van der Waals surface area contributed by atoms with Crippen molar-refractivity contribution in [2.75, 3.05) is 0 Å². The number of nitrogens with two attached hydrogens (primary N) is 1. The molecule has 0 heterocycles. The van der Waals surface area contributed by atoms with Crippen molar-refractivity contribution >= 4 is 5.78 Å². The zero-order valence-electron chi connectivity index (χ0n) is 12.3. The van der Waals surface area contributed by atoms with Crippen LogP contribution in [0.4, 0.5) is 0 Å². The van der Waals surface area contributed by atoms with Crippen LogP contribution in [0.15, 0.2) is 48.5 Å². The van der Waals surface area contributed by atoms with Crippen molar-refractivity contribution in [3.8, 4) is 17.2 Å². The SMILES string of the molecule is CC(=O)[C@@](C)(N)Cc1ccc(-c2ccc(C#N)cc2)cc1. The fraction of sp³-hybridized carbons (Fsp3) is 0.222. The summed E-state index contributed by atoms with van der Waals surface area (Å²) in [6.45, 7) is 3.27. The van der Waals surface area contributed by atoms with Crippen LogP contribution in [0.3, 0.4) is 0 Å². The summed E-state index contributed by atoms with van der Waals surface area (Å²) in [6, 6.07) is 17.6. The summed E-state index contributed by atoms with van der Waals surface area (Å²) in [6.07, 6.45) is 0.524. The Bertz CT molecular complexity index is 677. The number of ketones is 1. The van der Waals surface area contributed by atoms with Gasteiger partial charge in [-0.2, -0.15) is 5.26 Å². The first-order valence-corrected chi connectivity index (χ1v) is 6.82. The largest absolute Gasteiger partial charge is 0.319 e. The maximum Gasteiger partial charge on any atom is 0.149 e. The van der Waals surface area contributed by atoms with E-state index in [9.17, 15) is 4.79 Å². The number of nitrogens with zero attached hydrogens (tertiary/aromatic N) is 1. The monoisotopic (exact) mass is 278 g/mol. The second kappa shape index (κ2) is 5.90. The minimum absolute atomic E-state index is 0.0151. The molecule has 0 saturated carbocycles. The van der Waals surface area contributed by atoms with E-state index in [-0.39, 0.29) is 5.78 Å². The molecule has 0 spiro atoms. The van der Waals surface area contributed by atoms with Gasteiger partial charge in [-0.25, -0.2) is 0 Å². The van der Waals surface area contributed by atoms with E-state index in [2.05, 4.69) is 6.07 Å². The Morgan fingerprint density at radius 1 is 1.10 bits per heavy atom. The number of carbonyl (C=O) groups excluding carboxylic acids is 1. The predicted molar refractivity (Wildman–Crippen MR) is 83.6 cm³/mol. The molecule has 1 atom stereocenters. The highest BCUT2D eigenvalue weighted by Crippen LogP contribution is 2.21. The maximum atomic E-state index is 11.5. The molecule has 3 heteroatoms. The van der Waals surface area contributed by atoms with E-state index in [1.807, 2.05) is 36.4 Å². The number of hydrogen-bond acceptors (Lipinski definition) is 3. The summed E-state index contributed by atoms with van der Waals surface area (Å²) >= 11 is 0. The maximum absolute atomic E-state index is 11.5. The van der Waals surface area contributed by atoms with Crippen LogP contribution < -0.4 is 5.73 Å². The zero-order chi connectivity index (χ0) is 15.5. The molecule has 0 aliphatic heterocycles. The molecule has 0 radical (unpaired) electrons. The zero-order valence-corrected chi connectivity index (χ0v) is 12.3. The van der Waals surface area contributed by atoms with Crippen molar-refractivity contribution in [2.45, 2.75) is 25.8 Å². The molecule has 0 aromatic heterocycles. The molecule has 2 N–H and O–H groups in total. The molecular weight excluding hydrogens is 260 g/mol. The van der Waals surface area contributed by atoms with Gasteiger partial charge in [-0.3, -0.25) is 4.79 Å². The molecule has 106 valence electrons. The molecule has 21 heavy (non-hydrogen) atoms. The number of nitriles is 1. The fourth-order valence-electron chi connectivity index (χ4n) is 2.10. The standard InChI is InChI=1S/C18H18N2O/c1-13(21)18(2,20)11-14-3-7-16(8-4-14)17-9-5-15(12-19)6-10-17/h3-10H,11,20H2,1-2H3/t18-/m0/s1. The molecule has 0 unspecified atom stereocenters. The van der Waals surface area contributed by atoms with Gasteiger partial charge in [0.05, 0.1) is 17.2 Å². The topological polar surface area (TPSA) is 66.9 Å². The van der Waals surface area contributed by atoms with Gasteiger partial charge in [0.25, 0.3) is 0 Å². The Hall–Kier alpha value is -2.44. The summed E-state index contributed by atoms with van der Waals surface area (Å²) in [7, 11) is 0. The van der Waals surface area contributed by atoms with Gasteiger partial charge in [0.15, 0.2) is 0 Å². The van der Waals surface area contributed by atoms with E-state index >= 15 is 0 Å². The Morgan fingerprint density at radius 2 is 1.57 bits per heavy atom. The Morgan fingerprint density at radius 3 is 2.00 bits per heavy atom. The average Bonchev–Trinajstić information content (AvgIpc) is 2.48. The quantitative estimate of drug-likeness (QED) is 0.934. The van der Waals surface area contributed by atoms with E-state index in [0.29, 0.717) is 12.0 Å². The van der Waals surface area contributed by atoms with E-state index in [4.69, 9.17) is 11.0 Å². The van der Waals surface area contributed by atoms with Crippen molar-refractivity contribution in [3.05, 3.63) is 59.7 Å². The van der Waals surface area contributed by atoms with Gasteiger partial charge in [0.1, 0.15) is 5.78 Å². The van der Waals surface area contributed by atoms with E-state index in [1.54, 1.807) is 19.1 Å². The normalized spacial score (nSPS) is 13.2. The molecule has 0 saturated heterocycles. The average molecular weight is 278 g/mol. The molecule has 2 rings (SSSR count). The second-order valence-corrected chi connectivity index (χ2v) is 5.54. The fourth-order valence-corrected chi connectivity index (χ4v) is 2.10. The highest BCUT2D eigenvalue weighted by molar-refractivity contribution is 5.85. The van der Waals surface area contributed by atoms with Gasteiger partial charge < -0.3 is 5.73 Å². The lowest BCUT2D eigenvalue weighted by Crippen LogP contribution is -2.45. The second-order valence-electron chi connectivity index (χ2n) is 5.54. The smallest absolute Gasteiger partial charge is 0.149 e. The third kappa shape index (κ3) is 3.56. The number of rotatable bonds is 4. The van der Waals surface area contributed by atoms with Crippen LogP contribution in [0, 0.1) is 11.3 Å². The highest BCUT2D eigenvalue weighted by atomic mass is 16.1. The summed E-state index contributed by atoms with van der Waals surface area (Å²) in [4.78, 5) is 11.5. The van der Waals surface area contributed by atoms with Crippen molar-refractivity contribution in [2.24, 2.45) is 5.73 Å². The molecule has 0 aliphatic rings. The Balaban J connectivity index is 2.19. The lowest BCUT2D eigenvalue weighted by atomic mass is 9.90. The number of hydrogen-bond donors (Lipinski definition) is 1. The van der Waals surface area contributed by atoms with Gasteiger partial charge in [-0.15, -0.1) is 0 Å². The summed E-state index contributed by atoms with van der Waals surface area (Å²) in [5.41, 5.74) is 8.98. The van der Waals surface area contributed by atoms with Gasteiger partial charge in [0, 0.05) is 0 Å². The predicted octanol–water partition coefficient (Wildman–Crippen LogP) is 3.07. The third-order valence-electron chi connectivity index (χ3n) is 3.68. The first kappa shape index (κ1) is 15.0. The lowest BCUT2D eigenvalue weighted by Gasteiger charge is -2.21. The van der Waals surface area contributed by atoms with Crippen molar-refractivity contribution in [3.63, 3.8) is 0 Å². The Kier molecular flexibility index (Phi) is 4.21. The summed E-state index contributed by atoms with van der Waals surface area (Å²) < 4.78 is 0. The molecule has 2 aromatic rings. The molecule has 0 bridgehead atoms. The minimum Gasteiger partial charge on any atom is -0.319 e. The van der Waals surface area contributed by atoms with Crippen LogP contribution in [-0.4, -0.2) is 11.3 Å². The van der Waals surface area contributed by atoms with Crippen LogP contribution in [0.2, 0.25) is 0 Å². The van der Waals surface area contributed by atoms with Crippen LogP contribution in [0.5, 0.6) is 0 Å². The van der Waals surface area contributed by atoms with E-state index < -0.39 is 5.54 Å². The van der Waals surface area contributed by atoms with E-state index in [1.165, 1.54) is 6.92 Å². The van der Waals surface area contributed by atoms with Crippen molar-refractivity contribution in [1.29, 1.82) is 5.26 Å². The third-order valence-corrected chi connectivity index (χ3v) is 3.68. The summed E-state index contributed by atoms with van der Waals surface area (Å²) in [5.74, 6) is -0.0151. The molecular formula is C18H18N2O. The molecule has 2 aromatic carbocycles. The van der Waals surface area contributed by atoms with Crippen LogP contribution in [0.25, 0.3) is 11.1 Å². The van der Waals surface area contributed by atoms with E-state index in [0.717, 1.165) is 16.7 Å². The molecule has 0 amide bonds. The van der Waals surface area contributed by atoms with Gasteiger partial charge >= 0.3 is 0 Å². The van der Waals surface area contributed by atoms with Crippen LogP contribution in [-0.2, 0) is 11.2 Å². The van der Waals surface area contributed by atoms with Crippen molar-refractivity contribution in [1.82, 2.24) is 0 Å². The van der Waals surface area contributed by atoms with Gasteiger partial charge in [0.2, 0.25) is 0 Å². The highest BCUT2D eigenvalue weighted by Gasteiger charge is 2.24. The number of carbonyl (C=O) groups is 1. The Labute approximate surface area is 125 Å².